The van der Waals surface area contributed by atoms with Gasteiger partial charge in [0.1, 0.15) is 5.82 Å². The average molecular weight is 267 g/mol. The van der Waals surface area contributed by atoms with E-state index in [1.54, 1.807) is 6.92 Å². The Morgan fingerprint density at radius 1 is 1.61 bits per heavy atom. The Hall–Kier alpha value is -2.16. The fourth-order valence-electron chi connectivity index (χ4n) is 1.24. The Balaban J connectivity index is 1.97. The van der Waals surface area contributed by atoms with Crippen LogP contribution in [0.5, 0.6) is 0 Å². The van der Waals surface area contributed by atoms with Crippen LogP contribution in [-0.2, 0) is 0 Å². The number of carbonyl (C=O) groups is 1. The molecule has 2 aromatic heterocycles. The van der Waals surface area contributed by atoms with Crippen LogP contribution in [-0.4, -0.2) is 36.6 Å². The maximum absolute atomic E-state index is 11.7. The third kappa shape index (κ3) is 2.74. The molecule has 0 aliphatic carbocycles. The largest absolute Gasteiger partial charge is 0.353 e. The van der Waals surface area contributed by atoms with Gasteiger partial charge in [0.25, 0.3) is 5.69 Å². The van der Waals surface area contributed by atoms with Crippen LogP contribution in [0, 0.1) is 17.0 Å². The van der Waals surface area contributed by atoms with E-state index in [2.05, 4.69) is 20.2 Å². The van der Waals surface area contributed by atoms with Gasteiger partial charge in [0.15, 0.2) is 5.78 Å². The first-order valence-electron chi connectivity index (χ1n) is 4.94. The van der Waals surface area contributed by atoms with Crippen LogP contribution in [0.4, 0.5) is 5.69 Å². The van der Waals surface area contributed by atoms with Crippen molar-refractivity contribution < 1.29 is 9.72 Å². The highest BCUT2D eigenvalue weighted by Crippen LogP contribution is 2.17. The number of aromatic nitrogens is 4. The fourth-order valence-corrected chi connectivity index (χ4v) is 1.97. The van der Waals surface area contributed by atoms with E-state index >= 15 is 0 Å². The SMILES string of the molecule is Cc1nc(SCC(=O)c2cc([N+](=O)[O-])c[nH]2)n[nH]1. The standard InChI is InChI=1S/C9H9N5O3S/c1-5-11-9(13-12-5)18-4-8(15)7-2-6(3-10-7)14(16)17/h2-3,10H,4H2,1H3,(H,11,12,13). The zero-order chi connectivity index (χ0) is 13.1. The summed E-state index contributed by atoms with van der Waals surface area (Å²) >= 11 is 1.17. The number of ketones is 1. The summed E-state index contributed by atoms with van der Waals surface area (Å²) in [6, 6.07) is 1.21. The van der Waals surface area contributed by atoms with Crippen LogP contribution in [0.1, 0.15) is 16.3 Å². The molecule has 0 aromatic carbocycles. The van der Waals surface area contributed by atoms with Gasteiger partial charge in [-0.15, -0.1) is 5.10 Å². The van der Waals surface area contributed by atoms with E-state index in [9.17, 15) is 14.9 Å². The van der Waals surface area contributed by atoms with E-state index in [1.807, 2.05) is 0 Å². The number of nitrogens with zero attached hydrogens (tertiary/aromatic N) is 3. The number of aryl methyl sites for hydroxylation is 1. The molecule has 0 aliphatic heterocycles. The summed E-state index contributed by atoms with van der Waals surface area (Å²) in [6.45, 7) is 1.76. The molecular weight excluding hydrogens is 258 g/mol. The monoisotopic (exact) mass is 267 g/mol. The highest BCUT2D eigenvalue weighted by molar-refractivity contribution is 7.99. The van der Waals surface area contributed by atoms with Crippen molar-refractivity contribution in [3.63, 3.8) is 0 Å². The number of aromatic amines is 2. The van der Waals surface area contributed by atoms with Gasteiger partial charge in [0.05, 0.1) is 22.6 Å². The Morgan fingerprint density at radius 3 is 2.94 bits per heavy atom. The van der Waals surface area contributed by atoms with Gasteiger partial charge in [-0.05, 0) is 6.92 Å². The molecule has 0 spiro atoms. The Morgan fingerprint density at radius 2 is 2.39 bits per heavy atom. The van der Waals surface area contributed by atoms with Gasteiger partial charge < -0.3 is 4.98 Å². The summed E-state index contributed by atoms with van der Waals surface area (Å²) in [5.41, 5.74) is 0.0820. The van der Waals surface area contributed by atoms with E-state index in [-0.39, 0.29) is 22.9 Å². The van der Waals surface area contributed by atoms with Crippen molar-refractivity contribution in [2.45, 2.75) is 12.1 Å². The molecule has 0 unspecified atom stereocenters. The third-order valence-corrected chi connectivity index (χ3v) is 2.94. The van der Waals surface area contributed by atoms with Gasteiger partial charge in [-0.1, -0.05) is 11.8 Å². The second-order valence-corrected chi connectivity index (χ2v) is 4.39. The molecule has 0 fully saturated rings. The molecular formula is C9H9N5O3S. The number of thioether (sulfide) groups is 1. The zero-order valence-electron chi connectivity index (χ0n) is 9.34. The molecule has 0 atom stereocenters. The summed E-state index contributed by atoms with van der Waals surface area (Å²) in [6.07, 6.45) is 1.19. The lowest BCUT2D eigenvalue weighted by atomic mass is 10.3. The zero-order valence-corrected chi connectivity index (χ0v) is 10.2. The summed E-state index contributed by atoms with van der Waals surface area (Å²) in [5.74, 6) is 0.547. The molecule has 0 saturated carbocycles. The average Bonchev–Trinajstić information content (AvgIpc) is 2.94. The third-order valence-electron chi connectivity index (χ3n) is 2.09. The van der Waals surface area contributed by atoms with Gasteiger partial charge in [-0.3, -0.25) is 20.0 Å². The van der Waals surface area contributed by atoms with E-state index in [1.165, 1.54) is 24.0 Å². The number of nitrogens with one attached hydrogen (secondary N) is 2. The summed E-state index contributed by atoms with van der Waals surface area (Å²) in [4.78, 5) is 28.2. The van der Waals surface area contributed by atoms with Gasteiger partial charge in [0, 0.05) is 6.07 Å². The maximum atomic E-state index is 11.7. The molecule has 0 aliphatic rings. The second kappa shape index (κ2) is 5.00. The first kappa shape index (κ1) is 12.3. The number of carbonyl (C=O) groups excluding carboxylic acids is 1. The van der Waals surface area contributed by atoms with Crippen molar-refractivity contribution in [1.29, 1.82) is 0 Å². The summed E-state index contributed by atoms with van der Waals surface area (Å²) in [7, 11) is 0. The van der Waals surface area contributed by atoms with E-state index in [4.69, 9.17) is 0 Å². The molecule has 18 heavy (non-hydrogen) atoms. The van der Waals surface area contributed by atoms with Crippen LogP contribution in [0.15, 0.2) is 17.4 Å². The number of nitro groups is 1. The highest BCUT2D eigenvalue weighted by atomic mass is 32.2. The molecule has 2 aromatic rings. The van der Waals surface area contributed by atoms with Crippen molar-refractivity contribution in [3.05, 3.63) is 33.9 Å². The van der Waals surface area contributed by atoms with Crippen LogP contribution < -0.4 is 0 Å². The summed E-state index contributed by atoms with van der Waals surface area (Å²) in [5, 5.41) is 17.5. The van der Waals surface area contributed by atoms with Crippen LogP contribution in [0.3, 0.4) is 0 Å². The minimum atomic E-state index is -0.556. The highest BCUT2D eigenvalue weighted by Gasteiger charge is 2.15. The number of hydrogen-bond acceptors (Lipinski definition) is 6. The number of rotatable bonds is 5. The van der Waals surface area contributed by atoms with E-state index < -0.39 is 4.92 Å². The lowest BCUT2D eigenvalue weighted by Crippen LogP contribution is -2.02. The molecule has 94 valence electrons. The van der Waals surface area contributed by atoms with Crippen molar-refractivity contribution in [2.75, 3.05) is 5.75 Å². The van der Waals surface area contributed by atoms with Gasteiger partial charge in [0.2, 0.25) is 5.16 Å². The predicted molar refractivity (Wildman–Crippen MR) is 63.6 cm³/mol. The number of Topliss-reactive ketones (excluding diaryl/α,β-unsaturated/α-hetero) is 1. The smallest absolute Gasteiger partial charge is 0.287 e. The quantitative estimate of drug-likeness (QED) is 0.365. The lowest BCUT2D eigenvalue weighted by Gasteiger charge is -1.94. The Labute approximate surface area is 105 Å². The summed E-state index contributed by atoms with van der Waals surface area (Å²) < 4.78 is 0. The number of H-pyrrole nitrogens is 2. The minimum Gasteiger partial charge on any atom is -0.353 e. The molecule has 0 bridgehead atoms. The van der Waals surface area contributed by atoms with Gasteiger partial charge in [-0.25, -0.2) is 4.98 Å². The fraction of sp³-hybridized carbons (Fsp3) is 0.222. The Kier molecular flexibility index (Phi) is 3.42. The molecule has 0 saturated heterocycles. The minimum absolute atomic E-state index is 0.120. The Bertz CT molecular complexity index is 591. The second-order valence-electron chi connectivity index (χ2n) is 3.44. The van der Waals surface area contributed by atoms with Gasteiger partial charge in [-0.2, -0.15) is 0 Å². The lowest BCUT2D eigenvalue weighted by molar-refractivity contribution is -0.384. The molecule has 0 amide bonds. The molecule has 2 rings (SSSR count). The first-order chi connectivity index (χ1) is 8.56. The van der Waals surface area contributed by atoms with Crippen LogP contribution in [0.25, 0.3) is 0 Å². The maximum Gasteiger partial charge on any atom is 0.287 e. The van der Waals surface area contributed by atoms with Gasteiger partial charge >= 0.3 is 0 Å². The molecule has 8 nitrogen and oxygen atoms in total. The van der Waals surface area contributed by atoms with Crippen LogP contribution >= 0.6 is 11.8 Å². The van der Waals surface area contributed by atoms with Crippen molar-refractivity contribution in [1.82, 2.24) is 20.2 Å². The normalized spacial score (nSPS) is 10.5. The predicted octanol–water partition coefficient (Wildman–Crippen LogP) is 1.32. The first-order valence-corrected chi connectivity index (χ1v) is 5.92. The molecule has 9 heteroatoms. The van der Waals surface area contributed by atoms with Crippen molar-refractivity contribution >= 4 is 23.2 Å². The molecule has 0 radical (unpaired) electrons. The van der Waals surface area contributed by atoms with Crippen molar-refractivity contribution in [2.24, 2.45) is 0 Å². The molecule has 2 N–H and O–H groups in total. The van der Waals surface area contributed by atoms with Crippen molar-refractivity contribution in [3.8, 4) is 0 Å². The number of hydrogen-bond donors (Lipinski definition) is 2. The molecule has 2 heterocycles. The topological polar surface area (TPSA) is 118 Å². The van der Waals surface area contributed by atoms with E-state index in [0.717, 1.165) is 0 Å². The van der Waals surface area contributed by atoms with E-state index in [0.29, 0.717) is 11.0 Å². The van der Waals surface area contributed by atoms with Crippen LogP contribution in [0.2, 0.25) is 0 Å².